The maximum Gasteiger partial charge on any atom is 0.338 e. The highest BCUT2D eigenvalue weighted by Crippen LogP contribution is 2.40. The molecule has 2 aromatic carbocycles. The number of methoxy groups -OCH3 is 3. The predicted molar refractivity (Wildman–Crippen MR) is 137 cm³/mol. The van der Waals surface area contributed by atoms with Gasteiger partial charge in [0.1, 0.15) is 21.7 Å². The molecule has 0 spiro atoms. The molecule has 34 heavy (non-hydrogen) atoms. The van der Waals surface area contributed by atoms with Gasteiger partial charge in [0.25, 0.3) is 5.91 Å². The Morgan fingerprint density at radius 2 is 1.53 bits per heavy atom. The second-order valence-corrected chi connectivity index (χ2v) is 8.14. The number of thiazole rings is 1. The molecule has 1 heterocycles. The van der Waals surface area contributed by atoms with E-state index in [9.17, 15) is 9.59 Å². The van der Waals surface area contributed by atoms with Gasteiger partial charge in [0.2, 0.25) is 0 Å². The third-order valence-corrected chi connectivity index (χ3v) is 6.56. The number of carbonyl (C=O) groups is 2. The minimum Gasteiger partial charge on any atom is -0.495 e. The number of likely N-dealkylation sites (N-methyl/N-ethyl adjacent to an activating group) is 1. The van der Waals surface area contributed by atoms with Gasteiger partial charge >= 0.3 is 5.97 Å². The summed E-state index contributed by atoms with van der Waals surface area (Å²) in [6.07, 6.45) is 0. The lowest BCUT2D eigenvalue weighted by Gasteiger charge is -2.25. The average molecular weight is 508 g/mol. The molecule has 184 valence electrons. The molecule has 0 radical (unpaired) electrons. The van der Waals surface area contributed by atoms with Gasteiger partial charge in [-0.05, 0) is 37.4 Å². The van der Waals surface area contributed by atoms with Crippen molar-refractivity contribution in [3.05, 3.63) is 47.5 Å². The van der Waals surface area contributed by atoms with Crippen molar-refractivity contribution in [2.45, 2.75) is 13.8 Å². The van der Waals surface area contributed by atoms with E-state index < -0.39 is 5.97 Å². The highest BCUT2D eigenvalue weighted by atomic mass is 35.5. The van der Waals surface area contributed by atoms with Crippen LogP contribution in [0.15, 0.2) is 36.4 Å². The Morgan fingerprint density at radius 1 is 0.912 bits per heavy atom. The van der Waals surface area contributed by atoms with E-state index in [0.717, 1.165) is 17.8 Å². The number of amides is 1. The summed E-state index contributed by atoms with van der Waals surface area (Å²) in [7, 11) is 4.47. The number of carbonyl (C=O) groups excluding carboxylic acids is 2. The minimum absolute atomic E-state index is 0. The molecule has 3 aromatic rings. The summed E-state index contributed by atoms with van der Waals surface area (Å²) in [6.45, 7) is 6.94. The first-order chi connectivity index (χ1) is 16.0. The van der Waals surface area contributed by atoms with E-state index in [1.165, 1.54) is 18.4 Å². The third kappa shape index (κ3) is 5.60. The molecule has 0 aliphatic carbocycles. The van der Waals surface area contributed by atoms with Gasteiger partial charge in [-0.25, -0.2) is 9.78 Å². The number of halogens is 1. The van der Waals surface area contributed by atoms with Gasteiger partial charge in [0.05, 0.1) is 32.5 Å². The van der Waals surface area contributed by atoms with Gasteiger partial charge in [-0.1, -0.05) is 37.3 Å². The molecule has 1 aromatic heterocycles. The number of anilines is 1. The van der Waals surface area contributed by atoms with Crippen molar-refractivity contribution in [3.8, 4) is 11.5 Å². The molecule has 0 aliphatic rings. The summed E-state index contributed by atoms with van der Waals surface area (Å²) < 4.78 is 16.7. The Morgan fingerprint density at radius 3 is 2.12 bits per heavy atom. The van der Waals surface area contributed by atoms with Crippen molar-refractivity contribution in [2.75, 3.05) is 52.4 Å². The highest BCUT2D eigenvalue weighted by Gasteiger charge is 2.27. The van der Waals surface area contributed by atoms with Gasteiger partial charge in [-0.15, -0.1) is 12.4 Å². The molecular formula is C24H30ClN3O5S. The summed E-state index contributed by atoms with van der Waals surface area (Å²) in [5.74, 6) is 0.371. The van der Waals surface area contributed by atoms with Crippen molar-refractivity contribution in [1.29, 1.82) is 0 Å². The number of ether oxygens (including phenoxy) is 3. The third-order valence-electron chi connectivity index (χ3n) is 5.47. The van der Waals surface area contributed by atoms with Crippen LogP contribution < -0.4 is 14.4 Å². The van der Waals surface area contributed by atoms with Crippen molar-refractivity contribution in [1.82, 2.24) is 9.88 Å². The fraction of sp³-hybridized carbons (Fsp3) is 0.375. The number of hydrogen-bond acceptors (Lipinski definition) is 8. The molecule has 0 bridgehead atoms. The second-order valence-electron chi connectivity index (χ2n) is 7.17. The molecule has 0 N–H and O–H groups in total. The van der Waals surface area contributed by atoms with Crippen LogP contribution in [0.1, 0.15) is 34.6 Å². The van der Waals surface area contributed by atoms with Gasteiger partial charge in [-0.3, -0.25) is 9.69 Å². The van der Waals surface area contributed by atoms with Crippen molar-refractivity contribution in [3.63, 3.8) is 0 Å². The molecule has 0 saturated carbocycles. The van der Waals surface area contributed by atoms with E-state index in [1.807, 2.05) is 6.07 Å². The second kappa shape index (κ2) is 12.5. The van der Waals surface area contributed by atoms with E-state index in [0.29, 0.717) is 35.2 Å². The normalized spacial score (nSPS) is 10.6. The average Bonchev–Trinajstić information content (AvgIpc) is 3.30. The molecular weight excluding hydrogens is 478 g/mol. The van der Waals surface area contributed by atoms with E-state index in [1.54, 1.807) is 49.5 Å². The number of esters is 1. The Bertz CT molecular complexity index is 1090. The summed E-state index contributed by atoms with van der Waals surface area (Å²) in [5.41, 5.74) is 1.11. The maximum absolute atomic E-state index is 13.8. The Hall–Kier alpha value is -2.88. The Balaban J connectivity index is 0.00000408. The zero-order valence-corrected chi connectivity index (χ0v) is 21.6. The topological polar surface area (TPSA) is 81.2 Å². The largest absolute Gasteiger partial charge is 0.495 e. The standard InChI is InChI=1S/C24H29N3O5S.ClH/c1-6-26(7-2)14-15-27(22(28)16-10-8-9-11-17(16)23(29)32-5)24-25-20-18(30-3)12-13-19(31-4)21(20)33-24;/h8-13H,6-7,14-15H2,1-5H3;1H. The molecule has 1 amide bonds. The van der Waals surface area contributed by atoms with Crippen LogP contribution in [0.4, 0.5) is 5.13 Å². The Labute approximate surface area is 209 Å². The number of aromatic nitrogens is 1. The van der Waals surface area contributed by atoms with Crippen LogP contribution >= 0.6 is 23.7 Å². The molecule has 10 heteroatoms. The van der Waals surface area contributed by atoms with Gasteiger partial charge in [0.15, 0.2) is 5.13 Å². The summed E-state index contributed by atoms with van der Waals surface area (Å²) in [5, 5.41) is 0.504. The maximum atomic E-state index is 13.8. The van der Waals surface area contributed by atoms with E-state index >= 15 is 0 Å². The molecule has 0 fully saturated rings. The van der Waals surface area contributed by atoms with Crippen LogP contribution in [0.2, 0.25) is 0 Å². The molecule has 3 rings (SSSR count). The van der Waals surface area contributed by atoms with Crippen LogP contribution in [0.3, 0.4) is 0 Å². The SMILES string of the molecule is CCN(CC)CCN(C(=O)c1ccccc1C(=O)OC)c1nc2c(OC)ccc(OC)c2s1.Cl. The van der Waals surface area contributed by atoms with Gasteiger partial charge in [0, 0.05) is 13.1 Å². The van der Waals surface area contributed by atoms with Gasteiger partial charge in [-0.2, -0.15) is 0 Å². The Kier molecular flexibility index (Phi) is 10.1. The first-order valence-electron chi connectivity index (χ1n) is 10.7. The quantitative estimate of drug-likeness (QED) is 0.373. The van der Waals surface area contributed by atoms with Crippen LogP contribution in [0.25, 0.3) is 10.2 Å². The van der Waals surface area contributed by atoms with Gasteiger partial charge < -0.3 is 19.1 Å². The van der Waals surface area contributed by atoms with Crippen LogP contribution in [0.5, 0.6) is 11.5 Å². The lowest BCUT2D eigenvalue weighted by molar-refractivity contribution is 0.0597. The molecule has 0 atom stereocenters. The minimum atomic E-state index is -0.560. The van der Waals surface area contributed by atoms with Crippen LogP contribution in [-0.2, 0) is 4.74 Å². The lowest BCUT2D eigenvalue weighted by Crippen LogP contribution is -2.39. The van der Waals surface area contributed by atoms with E-state index in [2.05, 4.69) is 18.7 Å². The van der Waals surface area contributed by atoms with Crippen molar-refractivity contribution < 1.29 is 23.8 Å². The monoisotopic (exact) mass is 507 g/mol. The van der Waals surface area contributed by atoms with E-state index in [-0.39, 0.29) is 29.4 Å². The van der Waals surface area contributed by atoms with E-state index in [4.69, 9.17) is 19.2 Å². The van der Waals surface area contributed by atoms with Crippen molar-refractivity contribution >= 4 is 51.0 Å². The number of fused-ring (bicyclic) bond motifs is 1. The first-order valence-corrected chi connectivity index (χ1v) is 11.5. The molecule has 0 unspecified atom stereocenters. The summed E-state index contributed by atoms with van der Waals surface area (Å²) >= 11 is 1.35. The first kappa shape index (κ1) is 27.4. The summed E-state index contributed by atoms with van der Waals surface area (Å²) in [6, 6.07) is 10.3. The number of hydrogen-bond donors (Lipinski definition) is 0. The number of nitrogens with zero attached hydrogens (tertiary/aromatic N) is 3. The number of benzene rings is 2. The highest BCUT2D eigenvalue weighted by molar-refractivity contribution is 7.22. The lowest BCUT2D eigenvalue weighted by atomic mass is 10.1. The number of rotatable bonds is 10. The molecule has 8 nitrogen and oxygen atoms in total. The van der Waals surface area contributed by atoms with Crippen molar-refractivity contribution in [2.24, 2.45) is 0 Å². The molecule has 0 aliphatic heterocycles. The summed E-state index contributed by atoms with van der Waals surface area (Å²) in [4.78, 5) is 34.7. The zero-order valence-electron chi connectivity index (χ0n) is 20.0. The smallest absolute Gasteiger partial charge is 0.338 e. The zero-order chi connectivity index (χ0) is 24.0. The van der Waals surface area contributed by atoms with Crippen LogP contribution in [-0.4, -0.2) is 69.3 Å². The fourth-order valence-corrected chi connectivity index (χ4v) is 4.66. The predicted octanol–water partition coefficient (Wildman–Crippen LogP) is 4.51. The fourth-order valence-electron chi connectivity index (χ4n) is 3.56. The van der Waals surface area contributed by atoms with Crippen LogP contribution in [0, 0.1) is 0 Å². The molecule has 0 saturated heterocycles.